The molecule has 2 aliphatic rings. The Kier molecular flexibility index (Phi) is 5.12. The van der Waals surface area contributed by atoms with E-state index in [1.807, 2.05) is 0 Å². The Balaban J connectivity index is 2.29. The number of rotatable bonds is 4. The van der Waals surface area contributed by atoms with Gasteiger partial charge in [0.15, 0.2) is 11.5 Å². The molecule has 0 aromatic heterocycles. The van der Waals surface area contributed by atoms with E-state index in [0.717, 1.165) is 0 Å². The summed E-state index contributed by atoms with van der Waals surface area (Å²) in [5.74, 6) is 0.216. The maximum Gasteiger partial charge on any atom is 0.246 e. The number of methoxy groups -OCH3 is 3. The third-order valence-corrected chi connectivity index (χ3v) is 5.83. The van der Waals surface area contributed by atoms with Crippen LogP contribution in [0.3, 0.4) is 0 Å². The van der Waals surface area contributed by atoms with E-state index in [4.69, 9.17) is 19.9 Å². The van der Waals surface area contributed by atoms with E-state index in [1.54, 1.807) is 19.1 Å². The number of hydrogen-bond acceptors (Lipinski definition) is 8. The first-order chi connectivity index (χ1) is 13.4. The van der Waals surface area contributed by atoms with Crippen LogP contribution < -0.4 is 19.9 Å². The molecule has 1 saturated heterocycles. The van der Waals surface area contributed by atoms with Gasteiger partial charge in [0.25, 0.3) is 0 Å². The van der Waals surface area contributed by atoms with Crippen molar-refractivity contribution in [1.82, 2.24) is 4.90 Å². The summed E-state index contributed by atoms with van der Waals surface area (Å²) in [6.45, 7) is 1.74. The highest BCUT2D eigenvalue weighted by atomic mass is 32.2. The number of amides is 1. The van der Waals surface area contributed by atoms with Crippen molar-refractivity contribution in [3.63, 3.8) is 0 Å². The summed E-state index contributed by atoms with van der Waals surface area (Å²) in [6.07, 6.45) is 0. The Morgan fingerprint density at radius 3 is 2.11 bits per heavy atom. The van der Waals surface area contributed by atoms with Gasteiger partial charge in [0, 0.05) is 0 Å². The minimum absolute atomic E-state index is 0.0390. The zero-order valence-corrected chi connectivity index (χ0v) is 16.6. The molecule has 28 heavy (non-hydrogen) atoms. The predicted octanol–water partition coefficient (Wildman–Crippen LogP) is 2.20. The van der Waals surface area contributed by atoms with Crippen LogP contribution in [0.5, 0.6) is 17.2 Å². The molecule has 0 aliphatic carbocycles. The monoisotopic (exact) mass is 398 g/mol. The van der Waals surface area contributed by atoms with Crippen molar-refractivity contribution in [1.29, 1.82) is 10.5 Å². The van der Waals surface area contributed by atoms with Crippen molar-refractivity contribution in [3.8, 4) is 29.4 Å². The largest absolute Gasteiger partial charge is 0.493 e. The standard InChI is InChI=1S/C19H18N4O4S/c1-9-18(24)23-17(22)11(7-20)15(12(8-21)19(23)28-9)10-5-13(25-2)16(27-4)14(6-10)26-3/h5-6,9,15H,22H2,1-4H3/t9-,15-/m1/s1. The lowest BCUT2D eigenvalue weighted by Crippen LogP contribution is -2.36. The van der Waals surface area contributed by atoms with E-state index < -0.39 is 11.2 Å². The molecule has 1 fully saturated rings. The van der Waals surface area contributed by atoms with Gasteiger partial charge in [0.1, 0.15) is 5.82 Å². The highest BCUT2D eigenvalue weighted by molar-refractivity contribution is 8.04. The number of nitrogens with two attached hydrogens (primary N) is 1. The Bertz CT molecular complexity index is 977. The number of hydrogen-bond donors (Lipinski definition) is 1. The Morgan fingerprint density at radius 1 is 1.07 bits per heavy atom. The van der Waals surface area contributed by atoms with Crippen molar-refractivity contribution in [2.45, 2.75) is 18.1 Å². The summed E-state index contributed by atoms with van der Waals surface area (Å²) in [5.41, 5.74) is 7.16. The number of carbonyl (C=O) groups is 1. The van der Waals surface area contributed by atoms with E-state index in [9.17, 15) is 15.3 Å². The molecule has 144 valence electrons. The number of allylic oxidation sites excluding steroid dienone is 2. The van der Waals surface area contributed by atoms with Crippen molar-refractivity contribution in [2.75, 3.05) is 21.3 Å². The first kappa shape index (κ1) is 19.5. The summed E-state index contributed by atoms with van der Waals surface area (Å²) in [7, 11) is 4.45. The summed E-state index contributed by atoms with van der Waals surface area (Å²) < 4.78 is 16.1. The molecule has 0 bridgehead atoms. The third kappa shape index (κ3) is 2.72. The molecule has 0 radical (unpaired) electrons. The first-order valence-electron chi connectivity index (χ1n) is 8.27. The molecule has 8 nitrogen and oxygen atoms in total. The fourth-order valence-corrected chi connectivity index (χ4v) is 4.46. The van der Waals surface area contributed by atoms with E-state index in [-0.39, 0.29) is 22.9 Å². The predicted molar refractivity (Wildman–Crippen MR) is 102 cm³/mol. The van der Waals surface area contributed by atoms with Gasteiger partial charge in [0.05, 0.1) is 60.8 Å². The first-order valence-corrected chi connectivity index (χ1v) is 9.15. The molecule has 2 N–H and O–H groups in total. The second-order valence-electron chi connectivity index (χ2n) is 6.07. The fraction of sp³-hybridized carbons (Fsp3) is 0.316. The Morgan fingerprint density at radius 2 is 1.64 bits per heavy atom. The van der Waals surface area contributed by atoms with Crippen LogP contribution in [-0.4, -0.2) is 37.4 Å². The minimum atomic E-state index is -0.749. The van der Waals surface area contributed by atoms with Gasteiger partial charge in [-0.25, -0.2) is 0 Å². The molecule has 1 aromatic carbocycles. The zero-order valence-electron chi connectivity index (χ0n) is 15.8. The van der Waals surface area contributed by atoms with E-state index >= 15 is 0 Å². The van der Waals surface area contributed by atoms with Gasteiger partial charge in [0.2, 0.25) is 11.7 Å². The van der Waals surface area contributed by atoms with Crippen molar-refractivity contribution < 1.29 is 19.0 Å². The number of fused-ring (bicyclic) bond motifs is 1. The molecule has 2 heterocycles. The van der Waals surface area contributed by atoms with Crippen LogP contribution in [0.25, 0.3) is 0 Å². The van der Waals surface area contributed by atoms with Gasteiger partial charge < -0.3 is 19.9 Å². The smallest absolute Gasteiger partial charge is 0.246 e. The van der Waals surface area contributed by atoms with E-state index in [1.165, 1.54) is 38.0 Å². The number of nitrogens with zero attached hydrogens (tertiary/aromatic N) is 3. The van der Waals surface area contributed by atoms with Crippen molar-refractivity contribution in [3.05, 3.63) is 39.7 Å². The van der Waals surface area contributed by atoms with Crippen LogP contribution in [0, 0.1) is 22.7 Å². The average molecular weight is 398 g/mol. The van der Waals surface area contributed by atoms with Gasteiger partial charge in [-0.05, 0) is 24.6 Å². The summed E-state index contributed by atoms with van der Waals surface area (Å²) >= 11 is 1.26. The number of ether oxygens (including phenoxy) is 3. The molecule has 3 rings (SSSR count). The molecule has 1 amide bonds. The quantitative estimate of drug-likeness (QED) is 0.819. The second kappa shape index (κ2) is 7.37. The topological polar surface area (TPSA) is 122 Å². The van der Waals surface area contributed by atoms with Gasteiger partial charge >= 0.3 is 0 Å². The van der Waals surface area contributed by atoms with Crippen LogP contribution in [0.4, 0.5) is 0 Å². The molecule has 2 atom stereocenters. The molecule has 2 aliphatic heterocycles. The summed E-state index contributed by atoms with van der Waals surface area (Å²) in [5, 5.41) is 19.7. The van der Waals surface area contributed by atoms with Crippen LogP contribution >= 0.6 is 11.8 Å². The maximum atomic E-state index is 12.5. The van der Waals surface area contributed by atoms with Crippen LogP contribution in [0.2, 0.25) is 0 Å². The molecule has 0 spiro atoms. The second-order valence-corrected chi connectivity index (χ2v) is 7.40. The Hall–Kier alpha value is -3.30. The zero-order chi connectivity index (χ0) is 20.6. The highest BCUT2D eigenvalue weighted by Gasteiger charge is 2.45. The SMILES string of the molecule is COc1cc([C@@H]2C(C#N)=C(N)N3C(=O)[C@@H](C)SC3=C2C#N)cc(OC)c1OC. The molecular formula is C19H18N4O4S. The lowest BCUT2D eigenvalue weighted by atomic mass is 9.83. The fourth-order valence-electron chi connectivity index (χ4n) is 3.34. The van der Waals surface area contributed by atoms with Crippen molar-refractivity contribution >= 4 is 17.7 Å². The van der Waals surface area contributed by atoms with Crippen molar-refractivity contribution in [2.24, 2.45) is 5.73 Å². The lowest BCUT2D eigenvalue weighted by Gasteiger charge is -2.30. The van der Waals surface area contributed by atoms with Crippen LogP contribution in [-0.2, 0) is 4.79 Å². The minimum Gasteiger partial charge on any atom is -0.493 e. The average Bonchev–Trinajstić information content (AvgIpc) is 3.01. The van der Waals surface area contributed by atoms with E-state index in [2.05, 4.69) is 12.1 Å². The molecule has 1 aromatic rings. The van der Waals surface area contributed by atoms with Gasteiger partial charge in [-0.2, -0.15) is 10.5 Å². The summed E-state index contributed by atoms with van der Waals surface area (Å²) in [4.78, 5) is 13.7. The van der Waals surface area contributed by atoms with Gasteiger partial charge in [-0.1, -0.05) is 11.8 Å². The van der Waals surface area contributed by atoms with Gasteiger partial charge in [-0.15, -0.1) is 0 Å². The normalized spacial score (nSPS) is 21.2. The molecule has 0 saturated carbocycles. The lowest BCUT2D eigenvalue weighted by molar-refractivity contribution is -0.125. The number of thioether (sulfide) groups is 1. The van der Waals surface area contributed by atoms with E-state index in [0.29, 0.717) is 27.8 Å². The Labute approximate surface area is 166 Å². The maximum absolute atomic E-state index is 12.5. The third-order valence-electron chi connectivity index (χ3n) is 4.65. The van der Waals surface area contributed by atoms with Gasteiger partial charge in [-0.3, -0.25) is 9.69 Å². The number of carbonyl (C=O) groups excluding carboxylic acids is 1. The highest BCUT2D eigenvalue weighted by Crippen LogP contribution is 2.50. The van der Waals surface area contributed by atoms with Crippen LogP contribution in [0.15, 0.2) is 34.1 Å². The molecule has 9 heteroatoms. The number of benzene rings is 1. The van der Waals surface area contributed by atoms with Crippen LogP contribution in [0.1, 0.15) is 18.4 Å². The summed E-state index contributed by atoms with van der Waals surface area (Å²) in [6, 6.07) is 7.59. The molecule has 0 unspecified atom stereocenters. The number of nitriles is 2. The molecular weight excluding hydrogens is 380 g/mol.